The highest BCUT2D eigenvalue weighted by Gasteiger charge is 2.26. The van der Waals surface area contributed by atoms with Crippen molar-refractivity contribution in [3.05, 3.63) is 47.6 Å². The topological polar surface area (TPSA) is 108 Å². The van der Waals surface area contributed by atoms with Crippen molar-refractivity contribution in [3.63, 3.8) is 0 Å². The Kier molecular flexibility index (Phi) is 5.91. The van der Waals surface area contributed by atoms with Crippen LogP contribution in [0.15, 0.2) is 36.8 Å². The quantitative estimate of drug-likeness (QED) is 0.498. The van der Waals surface area contributed by atoms with Crippen LogP contribution in [0.25, 0.3) is 21.9 Å². The number of imidazole rings is 1. The lowest BCUT2D eigenvalue weighted by Crippen LogP contribution is -2.27. The first-order chi connectivity index (χ1) is 14.6. The number of fused-ring (bicyclic) bond motifs is 3. The molecule has 1 aliphatic heterocycles. The number of aromatic nitrogens is 6. The molecule has 0 radical (unpaired) electrons. The summed E-state index contributed by atoms with van der Waals surface area (Å²) in [5, 5.41) is 17.1. The van der Waals surface area contributed by atoms with E-state index in [1.165, 1.54) is 0 Å². The van der Waals surface area contributed by atoms with Crippen molar-refractivity contribution < 1.29 is 14.6 Å². The Morgan fingerprint density at radius 1 is 1.30 bits per heavy atom. The minimum absolute atomic E-state index is 0.216. The van der Waals surface area contributed by atoms with Gasteiger partial charge in [0.1, 0.15) is 17.9 Å². The molecule has 0 aliphatic carbocycles. The molecule has 0 saturated carbocycles. The van der Waals surface area contributed by atoms with Gasteiger partial charge in [-0.2, -0.15) is 15.0 Å². The van der Waals surface area contributed by atoms with Crippen molar-refractivity contribution in [2.75, 3.05) is 6.61 Å². The van der Waals surface area contributed by atoms with E-state index in [1.54, 1.807) is 17.2 Å². The highest BCUT2D eigenvalue weighted by Crippen LogP contribution is 2.34. The van der Waals surface area contributed by atoms with Gasteiger partial charge in [-0.05, 0) is 38.0 Å². The number of hydrogen-bond donors (Lipinski definition) is 1. The lowest BCUT2D eigenvalue weighted by atomic mass is 10.0. The van der Waals surface area contributed by atoms with Gasteiger partial charge in [0.2, 0.25) is 0 Å². The molecule has 1 saturated heterocycles. The molecular weight excluding hydrogens is 408 g/mol. The van der Waals surface area contributed by atoms with Crippen LogP contribution in [-0.4, -0.2) is 53.8 Å². The van der Waals surface area contributed by atoms with E-state index in [9.17, 15) is 0 Å². The predicted octanol–water partition coefficient (Wildman–Crippen LogP) is 3.32. The summed E-state index contributed by atoms with van der Waals surface area (Å²) in [4.78, 5) is 19.5. The normalized spacial score (nSPS) is 18.9. The number of carbonyl (C=O) groups is 1. The zero-order valence-corrected chi connectivity index (χ0v) is 17.1. The Hall–Kier alpha value is -3.04. The van der Waals surface area contributed by atoms with Gasteiger partial charge in [-0.1, -0.05) is 11.6 Å². The van der Waals surface area contributed by atoms with E-state index in [1.807, 2.05) is 24.4 Å². The third-order valence-electron chi connectivity index (χ3n) is 5.12. The summed E-state index contributed by atoms with van der Waals surface area (Å²) in [6, 6.07) is 6.10. The molecule has 0 amide bonds. The minimum Gasteiger partial charge on any atom is -0.483 e. The van der Waals surface area contributed by atoms with E-state index in [2.05, 4.69) is 26.7 Å². The zero-order chi connectivity index (χ0) is 21.1. The van der Waals surface area contributed by atoms with Crippen LogP contribution in [-0.2, 0) is 16.1 Å². The van der Waals surface area contributed by atoms with Gasteiger partial charge in [-0.3, -0.25) is 9.78 Å². The summed E-state index contributed by atoms with van der Waals surface area (Å²) < 4.78 is 8.10. The van der Waals surface area contributed by atoms with Crippen LogP contribution in [0.5, 0.6) is 0 Å². The van der Waals surface area contributed by atoms with Gasteiger partial charge in [-0.15, -0.1) is 0 Å². The highest BCUT2D eigenvalue weighted by atomic mass is 35.5. The van der Waals surface area contributed by atoms with Crippen molar-refractivity contribution in [2.24, 2.45) is 0 Å². The number of halogens is 1. The van der Waals surface area contributed by atoms with Crippen LogP contribution in [0.2, 0.25) is 5.02 Å². The molecule has 0 unspecified atom stereocenters. The third-order valence-corrected chi connectivity index (χ3v) is 5.36. The summed E-state index contributed by atoms with van der Waals surface area (Å²) in [5.41, 5.74) is 2.85. The largest absolute Gasteiger partial charge is 0.483 e. The average molecular weight is 429 g/mol. The fourth-order valence-electron chi connectivity index (χ4n) is 3.96. The Labute approximate surface area is 177 Å². The van der Waals surface area contributed by atoms with Crippen LogP contribution in [0, 0.1) is 0 Å². The van der Waals surface area contributed by atoms with Gasteiger partial charge in [-0.25, -0.2) is 4.98 Å². The van der Waals surface area contributed by atoms with Gasteiger partial charge in [0, 0.05) is 23.1 Å². The third kappa shape index (κ3) is 3.99. The molecule has 9 nitrogen and oxygen atoms in total. The molecular formula is C20H21ClN6O3. The van der Waals surface area contributed by atoms with E-state index in [-0.39, 0.29) is 12.6 Å². The SMILES string of the molecule is C[C@@H]1C[C@H](n2c(Cn3nccn3)nc3cnc4ccc(Cl)cc4c32)CCO1.O=CO. The first-order valence-corrected chi connectivity index (χ1v) is 9.97. The molecule has 0 bridgehead atoms. The van der Waals surface area contributed by atoms with Gasteiger partial charge in [0.25, 0.3) is 6.47 Å². The highest BCUT2D eigenvalue weighted by molar-refractivity contribution is 6.31. The summed E-state index contributed by atoms with van der Waals surface area (Å²) in [5.74, 6) is 0.926. The minimum atomic E-state index is -0.250. The molecule has 5 rings (SSSR count). The molecule has 1 fully saturated rings. The first-order valence-electron chi connectivity index (χ1n) is 9.59. The zero-order valence-electron chi connectivity index (χ0n) is 16.3. The Morgan fingerprint density at radius 3 is 2.80 bits per heavy atom. The van der Waals surface area contributed by atoms with E-state index in [4.69, 9.17) is 31.2 Å². The smallest absolute Gasteiger partial charge is 0.290 e. The second kappa shape index (κ2) is 8.76. The van der Waals surface area contributed by atoms with Gasteiger partial charge >= 0.3 is 0 Å². The van der Waals surface area contributed by atoms with Gasteiger partial charge in [0.05, 0.1) is 35.7 Å². The molecule has 2 atom stereocenters. The molecule has 4 heterocycles. The van der Waals surface area contributed by atoms with Crippen LogP contribution in [0.1, 0.15) is 31.6 Å². The number of benzene rings is 1. The molecule has 1 N–H and O–H groups in total. The van der Waals surface area contributed by atoms with Gasteiger partial charge in [0.15, 0.2) is 0 Å². The number of hydrogen-bond acceptors (Lipinski definition) is 6. The fraction of sp³-hybridized carbons (Fsp3) is 0.350. The summed E-state index contributed by atoms with van der Waals surface area (Å²) in [6.45, 7) is 3.13. The standard InChI is InChI=1S/C19H19ClN6O.CH2O2/c1-12-8-14(4-7-27-12)26-18(11-25-22-5-6-23-25)24-17-10-21-16-3-2-13(20)9-15(16)19(17)26;2-1-3/h2-3,5-6,9-10,12,14H,4,7-8,11H2,1H3;1H,(H,2,3)/t12-,14-;/m1./s1. The fourth-order valence-corrected chi connectivity index (χ4v) is 4.13. The predicted molar refractivity (Wildman–Crippen MR) is 112 cm³/mol. The van der Waals surface area contributed by atoms with Crippen LogP contribution >= 0.6 is 11.6 Å². The van der Waals surface area contributed by atoms with Gasteiger partial charge < -0.3 is 14.4 Å². The summed E-state index contributed by atoms with van der Waals surface area (Å²) in [6.07, 6.45) is 7.30. The second-order valence-corrected chi connectivity index (χ2v) is 7.51. The number of carboxylic acid groups (broad SMARTS) is 1. The maximum atomic E-state index is 8.36. The van der Waals surface area contributed by atoms with Crippen LogP contribution in [0.4, 0.5) is 0 Å². The maximum Gasteiger partial charge on any atom is 0.290 e. The molecule has 1 aromatic carbocycles. The van der Waals surface area contributed by atoms with Crippen molar-refractivity contribution in [1.29, 1.82) is 0 Å². The molecule has 4 aromatic rings. The average Bonchev–Trinajstić information content (AvgIpc) is 3.36. The Morgan fingerprint density at radius 2 is 2.07 bits per heavy atom. The van der Waals surface area contributed by atoms with E-state index in [0.29, 0.717) is 17.6 Å². The lowest BCUT2D eigenvalue weighted by molar-refractivity contribution is -0.122. The molecule has 156 valence electrons. The molecule has 0 spiro atoms. The van der Waals surface area contributed by atoms with Crippen molar-refractivity contribution in [3.8, 4) is 0 Å². The molecule has 1 aliphatic rings. The Bertz CT molecular complexity index is 1160. The van der Waals surface area contributed by atoms with Crippen molar-refractivity contribution in [1.82, 2.24) is 29.5 Å². The lowest BCUT2D eigenvalue weighted by Gasteiger charge is -2.30. The van der Waals surface area contributed by atoms with E-state index < -0.39 is 0 Å². The van der Waals surface area contributed by atoms with Crippen molar-refractivity contribution >= 4 is 40.0 Å². The number of rotatable bonds is 3. The number of nitrogens with zero attached hydrogens (tertiary/aromatic N) is 6. The number of ether oxygens (including phenoxy) is 1. The maximum absolute atomic E-state index is 8.36. The Balaban J connectivity index is 0.000000687. The molecule has 3 aromatic heterocycles. The summed E-state index contributed by atoms with van der Waals surface area (Å²) >= 11 is 6.30. The molecule has 30 heavy (non-hydrogen) atoms. The first kappa shape index (κ1) is 20.2. The van der Waals surface area contributed by atoms with Crippen LogP contribution < -0.4 is 0 Å². The van der Waals surface area contributed by atoms with E-state index in [0.717, 1.165) is 47.2 Å². The van der Waals surface area contributed by atoms with Crippen molar-refractivity contribution in [2.45, 2.75) is 38.5 Å². The summed E-state index contributed by atoms with van der Waals surface area (Å²) in [7, 11) is 0. The van der Waals surface area contributed by atoms with E-state index >= 15 is 0 Å². The van der Waals surface area contributed by atoms with Crippen LogP contribution in [0.3, 0.4) is 0 Å². The monoisotopic (exact) mass is 428 g/mol. The molecule has 10 heteroatoms. The second-order valence-electron chi connectivity index (χ2n) is 7.08. The number of pyridine rings is 1.